The number of rotatable bonds is 5. The van der Waals surface area contributed by atoms with Crippen molar-refractivity contribution in [1.82, 2.24) is 10.3 Å². The van der Waals surface area contributed by atoms with Crippen molar-refractivity contribution in [1.29, 1.82) is 0 Å². The fourth-order valence-corrected chi connectivity index (χ4v) is 2.17. The summed E-state index contributed by atoms with van der Waals surface area (Å²) in [5.41, 5.74) is 1.14. The minimum absolute atomic E-state index is 0.400. The normalized spacial score (nSPS) is 14.3. The van der Waals surface area contributed by atoms with Gasteiger partial charge in [-0.3, -0.25) is 0 Å². The third-order valence-corrected chi connectivity index (χ3v) is 3.90. The summed E-state index contributed by atoms with van der Waals surface area (Å²) >= 11 is 12.1. The van der Waals surface area contributed by atoms with E-state index in [4.69, 9.17) is 27.9 Å². The predicted molar refractivity (Wildman–Crippen MR) is 80.6 cm³/mol. The molecule has 0 amide bonds. The molecule has 1 fully saturated rings. The smallest absolute Gasteiger partial charge is 0.219 e. The van der Waals surface area contributed by atoms with Crippen molar-refractivity contribution < 1.29 is 4.74 Å². The molecule has 0 spiro atoms. The highest BCUT2D eigenvalue weighted by Crippen LogP contribution is 2.34. The highest BCUT2D eigenvalue weighted by Gasteiger charge is 2.20. The molecule has 104 valence electrons. The van der Waals surface area contributed by atoms with Crippen LogP contribution in [0.2, 0.25) is 10.0 Å². The summed E-state index contributed by atoms with van der Waals surface area (Å²) in [4.78, 5) is 4.20. The van der Waals surface area contributed by atoms with Crippen LogP contribution in [0.5, 0.6) is 11.6 Å². The Labute approximate surface area is 127 Å². The molecule has 0 radical (unpaired) electrons. The fraction of sp³-hybridized carbons (Fsp3) is 0.267. The molecule has 1 N–H and O–H groups in total. The summed E-state index contributed by atoms with van der Waals surface area (Å²) in [6, 6.07) is 9.84. The van der Waals surface area contributed by atoms with Gasteiger partial charge < -0.3 is 10.1 Å². The zero-order chi connectivity index (χ0) is 13.9. The number of hydrogen-bond donors (Lipinski definition) is 1. The molecule has 1 aliphatic carbocycles. The lowest BCUT2D eigenvalue weighted by Gasteiger charge is -2.09. The Morgan fingerprint density at radius 1 is 1.25 bits per heavy atom. The first-order valence-corrected chi connectivity index (χ1v) is 7.28. The second-order valence-electron chi connectivity index (χ2n) is 4.81. The maximum atomic E-state index is 6.10. The molecule has 0 saturated heterocycles. The maximum absolute atomic E-state index is 6.10. The van der Waals surface area contributed by atoms with Gasteiger partial charge in [0.1, 0.15) is 10.8 Å². The number of ether oxygens (including phenoxy) is 1. The summed E-state index contributed by atoms with van der Waals surface area (Å²) in [5.74, 6) is 1.03. The van der Waals surface area contributed by atoms with Gasteiger partial charge in [-0.05, 0) is 36.6 Å². The summed E-state index contributed by atoms with van der Waals surface area (Å²) in [7, 11) is 0. The lowest BCUT2D eigenvalue weighted by atomic mass is 10.2. The number of hydrogen-bond acceptors (Lipinski definition) is 3. The van der Waals surface area contributed by atoms with Crippen LogP contribution in [0.1, 0.15) is 18.4 Å². The summed E-state index contributed by atoms with van der Waals surface area (Å²) in [5, 5.41) is 4.32. The molecular weight excluding hydrogens is 295 g/mol. The van der Waals surface area contributed by atoms with Gasteiger partial charge in [-0.2, -0.15) is 0 Å². The second-order valence-corrected chi connectivity index (χ2v) is 5.60. The van der Waals surface area contributed by atoms with Crippen molar-refractivity contribution in [2.75, 3.05) is 0 Å². The van der Waals surface area contributed by atoms with Crippen LogP contribution in [0, 0.1) is 0 Å². The molecule has 20 heavy (non-hydrogen) atoms. The standard InChI is InChI=1S/C15H14Cl2N2O/c16-12-2-1-3-13(15(12)17)20-14-8-10(6-7-18-14)9-19-11-4-5-11/h1-3,6-8,11,19H,4-5,9H2. The van der Waals surface area contributed by atoms with Gasteiger partial charge in [0.25, 0.3) is 0 Å². The SMILES string of the molecule is Clc1cccc(Oc2cc(CNC3CC3)ccn2)c1Cl. The van der Waals surface area contributed by atoms with Gasteiger partial charge in [0.05, 0.1) is 5.02 Å². The predicted octanol–water partition coefficient (Wildman–Crippen LogP) is 4.43. The summed E-state index contributed by atoms with van der Waals surface area (Å²) in [6.45, 7) is 0.826. The van der Waals surface area contributed by atoms with E-state index in [9.17, 15) is 0 Å². The van der Waals surface area contributed by atoms with Crippen LogP contribution in [0.15, 0.2) is 36.5 Å². The van der Waals surface area contributed by atoms with Gasteiger partial charge in [0.2, 0.25) is 5.88 Å². The lowest BCUT2D eigenvalue weighted by molar-refractivity contribution is 0.462. The van der Waals surface area contributed by atoms with E-state index in [0.29, 0.717) is 27.7 Å². The van der Waals surface area contributed by atoms with Crippen LogP contribution in [-0.2, 0) is 6.54 Å². The Morgan fingerprint density at radius 2 is 2.10 bits per heavy atom. The van der Waals surface area contributed by atoms with Gasteiger partial charge in [-0.1, -0.05) is 29.3 Å². The van der Waals surface area contributed by atoms with Gasteiger partial charge in [-0.25, -0.2) is 4.98 Å². The minimum atomic E-state index is 0.400. The Morgan fingerprint density at radius 3 is 2.90 bits per heavy atom. The maximum Gasteiger partial charge on any atom is 0.219 e. The number of nitrogens with one attached hydrogen (secondary N) is 1. The lowest BCUT2D eigenvalue weighted by Crippen LogP contribution is -2.15. The number of pyridine rings is 1. The van der Waals surface area contributed by atoms with E-state index in [1.165, 1.54) is 12.8 Å². The van der Waals surface area contributed by atoms with Gasteiger partial charge >= 0.3 is 0 Å². The number of halogens is 2. The summed E-state index contributed by atoms with van der Waals surface area (Å²) in [6.07, 6.45) is 4.27. The van der Waals surface area contributed by atoms with E-state index >= 15 is 0 Å². The molecule has 0 unspecified atom stereocenters. The molecule has 0 aliphatic heterocycles. The molecule has 1 aromatic heterocycles. The molecule has 3 nitrogen and oxygen atoms in total. The first kappa shape index (κ1) is 13.7. The molecule has 1 heterocycles. The van der Waals surface area contributed by atoms with E-state index in [0.717, 1.165) is 12.1 Å². The van der Waals surface area contributed by atoms with Crippen LogP contribution in [-0.4, -0.2) is 11.0 Å². The quantitative estimate of drug-likeness (QED) is 0.887. The van der Waals surface area contributed by atoms with Crippen molar-refractivity contribution in [3.63, 3.8) is 0 Å². The third kappa shape index (κ3) is 3.42. The second kappa shape index (κ2) is 6.00. The molecule has 0 atom stereocenters. The van der Waals surface area contributed by atoms with Crippen molar-refractivity contribution >= 4 is 23.2 Å². The van der Waals surface area contributed by atoms with Gasteiger partial charge in [0.15, 0.2) is 0 Å². The molecule has 1 aromatic carbocycles. The van der Waals surface area contributed by atoms with Gasteiger partial charge in [-0.15, -0.1) is 0 Å². The highest BCUT2D eigenvalue weighted by molar-refractivity contribution is 6.42. The van der Waals surface area contributed by atoms with Crippen LogP contribution >= 0.6 is 23.2 Å². The Bertz CT molecular complexity index is 615. The average molecular weight is 309 g/mol. The third-order valence-electron chi connectivity index (χ3n) is 3.10. The molecule has 3 rings (SSSR count). The molecule has 5 heteroatoms. The van der Waals surface area contributed by atoms with E-state index < -0.39 is 0 Å². The zero-order valence-corrected chi connectivity index (χ0v) is 12.3. The van der Waals surface area contributed by atoms with E-state index in [1.807, 2.05) is 12.1 Å². The molecule has 2 aromatic rings. The van der Waals surface area contributed by atoms with Crippen LogP contribution in [0.4, 0.5) is 0 Å². The van der Waals surface area contributed by atoms with E-state index in [2.05, 4.69) is 10.3 Å². The minimum Gasteiger partial charge on any atom is -0.437 e. The molecule has 1 aliphatic rings. The van der Waals surface area contributed by atoms with Crippen LogP contribution in [0.3, 0.4) is 0 Å². The molecule has 1 saturated carbocycles. The van der Waals surface area contributed by atoms with Gasteiger partial charge in [0, 0.05) is 24.8 Å². The van der Waals surface area contributed by atoms with Crippen molar-refractivity contribution in [2.24, 2.45) is 0 Å². The Kier molecular flexibility index (Phi) is 4.10. The number of aromatic nitrogens is 1. The van der Waals surface area contributed by atoms with Crippen molar-refractivity contribution in [2.45, 2.75) is 25.4 Å². The Hall–Kier alpha value is -1.29. The van der Waals surface area contributed by atoms with Crippen molar-refractivity contribution in [3.8, 4) is 11.6 Å². The van der Waals surface area contributed by atoms with Crippen molar-refractivity contribution in [3.05, 3.63) is 52.1 Å². The Balaban J connectivity index is 1.72. The number of nitrogens with zero attached hydrogens (tertiary/aromatic N) is 1. The molecular formula is C15H14Cl2N2O. The largest absolute Gasteiger partial charge is 0.437 e. The fourth-order valence-electron chi connectivity index (χ4n) is 1.84. The number of benzene rings is 1. The first-order chi connectivity index (χ1) is 9.72. The first-order valence-electron chi connectivity index (χ1n) is 6.52. The topological polar surface area (TPSA) is 34.1 Å². The van der Waals surface area contributed by atoms with Crippen LogP contribution in [0.25, 0.3) is 0 Å². The monoisotopic (exact) mass is 308 g/mol. The van der Waals surface area contributed by atoms with E-state index in [-0.39, 0.29) is 0 Å². The summed E-state index contributed by atoms with van der Waals surface area (Å²) < 4.78 is 5.70. The zero-order valence-electron chi connectivity index (χ0n) is 10.8. The molecule has 0 bridgehead atoms. The highest BCUT2D eigenvalue weighted by atomic mass is 35.5. The van der Waals surface area contributed by atoms with E-state index in [1.54, 1.807) is 24.4 Å². The van der Waals surface area contributed by atoms with Crippen LogP contribution < -0.4 is 10.1 Å². The average Bonchev–Trinajstić information content (AvgIpc) is 3.26.